The fourth-order valence-corrected chi connectivity index (χ4v) is 1.48. The van der Waals surface area contributed by atoms with Crippen LogP contribution in [0, 0.1) is 0 Å². The molecule has 1 atom stereocenters. The van der Waals surface area contributed by atoms with Crippen LogP contribution in [0.3, 0.4) is 0 Å². The first-order valence-corrected chi connectivity index (χ1v) is 4.63. The second kappa shape index (κ2) is 4.50. The summed E-state index contributed by atoms with van der Waals surface area (Å²) in [6.45, 7) is 0. The quantitative estimate of drug-likeness (QED) is 0.384. The Balaban J connectivity index is 0.000000980. The molecular weight excluding hydrogens is 213 g/mol. The summed E-state index contributed by atoms with van der Waals surface area (Å²) in [5, 5.41) is 4.68. The molecule has 0 saturated heterocycles. The number of nitrogens with zero attached hydrogens (tertiary/aromatic N) is 3. The molecule has 0 fully saturated rings. The van der Waals surface area contributed by atoms with Crippen LogP contribution in [0.15, 0.2) is 23.4 Å². The Morgan fingerprint density at radius 1 is 1.50 bits per heavy atom. The van der Waals surface area contributed by atoms with Crippen molar-refractivity contribution in [3.05, 3.63) is 18.5 Å². The molecule has 2 rings (SSSR count). The molecule has 7 heteroatoms. The first-order valence-electron chi connectivity index (χ1n) is 3.55. The SMILES string of the molecule is Cn1ncc2cc(S(=O)[O-])cnc21.[Na+]. The molecule has 0 aliphatic heterocycles. The Labute approximate surface area is 105 Å². The van der Waals surface area contributed by atoms with Crippen molar-refractivity contribution >= 4 is 22.1 Å². The van der Waals surface area contributed by atoms with Gasteiger partial charge in [0.25, 0.3) is 0 Å². The molecule has 0 N–H and O–H groups in total. The van der Waals surface area contributed by atoms with E-state index < -0.39 is 11.1 Å². The normalized spacial score (nSPS) is 12.4. The first-order chi connectivity index (χ1) is 6.18. The maximum absolute atomic E-state index is 10.6. The van der Waals surface area contributed by atoms with E-state index in [-0.39, 0.29) is 34.5 Å². The topological polar surface area (TPSA) is 70.8 Å². The number of aryl methyl sites for hydroxylation is 1. The van der Waals surface area contributed by atoms with Gasteiger partial charge in [-0.3, -0.25) is 8.89 Å². The summed E-state index contributed by atoms with van der Waals surface area (Å²) in [4.78, 5) is 4.15. The van der Waals surface area contributed by atoms with Gasteiger partial charge in [0.2, 0.25) is 0 Å². The minimum absolute atomic E-state index is 0. The van der Waals surface area contributed by atoms with Crippen LogP contribution in [0.1, 0.15) is 0 Å². The molecule has 0 radical (unpaired) electrons. The largest absolute Gasteiger partial charge is 1.00 e. The van der Waals surface area contributed by atoms with E-state index in [9.17, 15) is 8.76 Å². The second-order valence-electron chi connectivity index (χ2n) is 2.59. The van der Waals surface area contributed by atoms with Crippen LogP contribution in [-0.4, -0.2) is 23.5 Å². The number of hydrogen-bond donors (Lipinski definition) is 0. The van der Waals surface area contributed by atoms with Crippen LogP contribution in [0.4, 0.5) is 0 Å². The van der Waals surface area contributed by atoms with Crippen molar-refractivity contribution in [2.24, 2.45) is 7.05 Å². The third-order valence-electron chi connectivity index (χ3n) is 1.74. The van der Waals surface area contributed by atoms with Crippen molar-refractivity contribution in [2.75, 3.05) is 0 Å². The summed E-state index contributed by atoms with van der Waals surface area (Å²) >= 11 is -2.23. The first kappa shape index (κ1) is 11.8. The molecule has 0 aliphatic carbocycles. The van der Waals surface area contributed by atoms with Crippen molar-refractivity contribution in [3.63, 3.8) is 0 Å². The summed E-state index contributed by atoms with van der Waals surface area (Å²) in [6.07, 6.45) is 2.89. The zero-order valence-corrected chi connectivity index (χ0v) is 10.6. The monoisotopic (exact) mass is 219 g/mol. The average molecular weight is 219 g/mol. The smallest absolute Gasteiger partial charge is 0.768 e. The number of aromatic nitrogens is 3. The Morgan fingerprint density at radius 2 is 2.21 bits per heavy atom. The molecule has 0 amide bonds. The van der Waals surface area contributed by atoms with Crippen LogP contribution in [0.25, 0.3) is 11.0 Å². The zero-order valence-electron chi connectivity index (χ0n) is 7.80. The molecule has 5 nitrogen and oxygen atoms in total. The van der Waals surface area contributed by atoms with E-state index in [1.807, 2.05) is 0 Å². The molecule has 0 bridgehead atoms. The van der Waals surface area contributed by atoms with Crippen LogP contribution in [0.5, 0.6) is 0 Å². The van der Waals surface area contributed by atoms with Gasteiger partial charge in [-0.1, -0.05) is 0 Å². The molecule has 0 saturated carbocycles. The van der Waals surface area contributed by atoms with Crippen LogP contribution in [-0.2, 0) is 18.1 Å². The maximum atomic E-state index is 10.6. The van der Waals surface area contributed by atoms with Crippen molar-refractivity contribution in [2.45, 2.75) is 4.90 Å². The minimum atomic E-state index is -2.23. The van der Waals surface area contributed by atoms with Crippen LogP contribution >= 0.6 is 0 Å². The third kappa shape index (κ3) is 2.04. The van der Waals surface area contributed by atoms with Crippen molar-refractivity contribution in [1.29, 1.82) is 0 Å². The number of pyridine rings is 1. The van der Waals surface area contributed by atoms with Gasteiger partial charge in [-0.05, 0) is 17.1 Å². The van der Waals surface area contributed by atoms with Gasteiger partial charge in [0, 0.05) is 23.5 Å². The molecule has 2 heterocycles. The predicted octanol–water partition coefficient (Wildman–Crippen LogP) is -2.79. The van der Waals surface area contributed by atoms with Crippen molar-refractivity contribution < 1.29 is 38.3 Å². The summed E-state index contributed by atoms with van der Waals surface area (Å²) in [7, 11) is 1.75. The van der Waals surface area contributed by atoms with Crippen LogP contribution < -0.4 is 29.6 Å². The molecule has 2 aromatic heterocycles. The van der Waals surface area contributed by atoms with Crippen molar-refractivity contribution in [3.8, 4) is 0 Å². The fraction of sp³-hybridized carbons (Fsp3) is 0.143. The Morgan fingerprint density at radius 3 is 2.86 bits per heavy atom. The number of hydrogen-bond acceptors (Lipinski definition) is 4. The van der Waals surface area contributed by atoms with Gasteiger partial charge in [-0.25, -0.2) is 4.98 Å². The standard InChI is InChI=1S/C7H7N3O2S.Na/c1-10-7-5(3-9-10)2-6(4-8-7)13(11)12;/h2-4H,1H3,(H,11,12);/q;+1/p-1. The molecule has 14 heavy (non-hydrogen) atoms. The van der Waals surface area contributed by atoms with Crippen LogP contribution in [0.2, 0.25) is 0 Å². The minimum Gasteiger partial charge on any atom is -0.768 e. The summed E-state index contributed by atoms with van der Waals surface area (Å²) in [5.41, 5.74) is 0.675. The van der Waals surface area contributed by atoms with Gasteiger partial charge >= 0.3 is 29.6 Å². The van der Waals surface area contributed by atoms with Gasteiger partial charge in [0.15, 0.2) is 5.65 Å². The number of rotatable bonds is 1. The van der Waals surface area contributed by atoms with Gasteiger partial charge in [-0.2, -0.15) is 5.10 Å². The van der Waals surface area contributed by atoms with Crippen molar-refractivity contribution in [1.82, 2.24) is 14.8 Å². The van der Waals surface area contributed by atoms with E-state index in [1.165, 1.54) is 6.20 Å². The molecule has 0 spiro atoms. The molecule has 2 aromatic rings. The molecule has 0 aliphatic rings. The summed E-state index contributed by atoms with van der Waals surface area (Å²) in [5.74, 6) is 0. The molecule has 0 aromatic carbocycles. The molecule has 1 unspecified atom stereocenters. The Kier molecular flexibility index (Phi) is 3.79. The van der Waals surface area contributed by atoms with E-state index in [0.717, 1.165) is 5.39 Å². The van der Waals surface area contributed by atoms with E-state index in [1.54, 1.807) is 24.0 Å². The van der Waals surface area contributed by atoms with Gasteiger partial charge in [-0.15, -0.1) is 0 Å². The second-order valence-corrected chi connectivity index (χ2v) is 3.53. The van der Waals surface area contributed by atoms with E-state index >= 15 is 0 Å². The maximum Gasteiger partial charge on any atom is 1.00 e. The third-order valence-corrected chi connectivity index (χ3v) is 2.35. The number of fused-ring (bicyclic) bond motifs is 1. The summed E-state index contributed by atoms with van der Waals surface area (Å²) < 4.78 is 22.8. The molecule has 68 valence electrons. The van der Waals surface area contributed by atoms with Gasteiger partial charge < -0.3 is 4.55 Å². The van der Waals surface area contributed by atoms with E-state index in [4.69, 9.17) is 0 Å². The summed E-state index contributed by atoms with van der Waals surface area (Å²) in [6, 6.07) is 1.54. The predicted molar refractivity (Wildman–Crippen MR) is 45.7 cm³/mol. The van der Waals surface area contributed by atoms with Gasteiger partial charge in [0.1, 0.15) is 0 Å². The zero-order chi connectivity index (χ0) is 9.42. The van der Waals surface area contributed by atoms with E-state index in [2.05, 4.69) is 10.1 Å². The Bertz CT molecular complexity index is 485. The Hall–Kier alpha value is -0.270. The average Bonchev–Trinajstić information content (AvgIpc) is 2.47. The fourth-order valence-electron chi connectivity index (χ4n) is 1.11. The van der Waals surface area contributed by atoms with E-state index in [0.29, 0.717) is 5.65 Å². The van der Waals surface area contributed by atoms with Gasteiger partial charge in [0.05, 0.1) is 6.20 Å². The molecular formula is C7H6N3NaO2S.